The standard InChI is InChI=1S/C6H4O/c7-5-6-3-1-2-4-6/h1-3,5H. The Balaban J connectivity index is 2.92. The summed E-state index contributed by atoms with van der Waals surface area (Å²) < 4.78 is 0. The molecule has 0 saturated heterocycles. The molecule has 0 unspecified atom stereocenters. The Labute approximate surface area is 41.7 Å². The molecule has 1 rings (SSSR count). The van der Waals surface area contributed by atoms with Gasteiger partial charge in [0.15, 0.2) is 6.29 Å². The van der Waals surface area contributed by atoms with Gasteiger partial charge < -0.3 is 0 Å². The first-order chi connectivity index (χ1) is 3.43. The second kappa shape index (κ2) is 1.59. The van der Waals surface area contributed by atoms with Crippen LogP contribution in [0.3, 0.4) is 0 Å². The first-order valence-electron chi connectivity index (χ1n) is 2.02. The zero-order valence-corrected chi connectivity index (χ0v) is 3.72. The molecule has 34 valence electrons. The molecule has 1 heteroatoms. The van der Waals surface area contributed by atoms with E-state index in [1.54, 1.807) is 18.2 Å². The molecule has 0 radical (unpaired) electrons. The van der Waals surface area contributed by atoms with Crippen LogP contribution in [0.2, 0.25) is 0 Å². The van der Waals surface area contributed by atoms with Crippen molar-refractivity contribution in [2.45, 2.75) is 0 Å². The van der Waals surface area contributed by atoms with Crippen molar-refractivity contribution >= 4 is 6.29 Å². The summed E-state index contributed by atoms with van der Waals surface area (Å²) in [5, 5.41) is 0. The minimum atomic E-state index is 0.625. The van der Waals surface area contributed by atoms with Gasteiger partial charge in [-0.3, -0.25) is 4.79 Å². The van der Waals surface area contributed by atoms with Crippen LogP contribution in [0.5, 0.6) is 0 Å². The summed E-state index contributed by atoms with van der Waals surface area (Å²) >= 11 is 0. The molecule has 0 heterocycles. The van der Waals surface area contributed by atoms with Crippen LogP contribution in [0.15, 0.2) is 29.5 Å². The molecule has 0 aromatic heterocycles. The minimum Gasteiger partial charge on any atom is -0.297 e. The highest BCUT2D eigenvalue weighted by Crippen LogP contribution is 1.95. The molecular weight excluding hydrogens is 88.1 g/mol. The minimum absolute atomic E-state index is 0.625. The van der Waals surface area contributed by atoms with Gasteiger partial charge in [0.1, 0.15) is 0 Å². The van der Waals surface area contributed by atoms with E-state index in [0.29, 0.717) is 5.57 Å². The summed E-state index contributed by atoms with van der Waals surface area (Å²) in [6.07, 6.45) is 5.99. The van der Waals surface area contributed by atoms with Gasteiger partial charge in [0, 0.05) is 0 Å². The number of hydrogen-bond donors (Lipinski definition) is 0. The zero-order chi connectivity index (χ0) is 5.11. The van der Waals surface area contributed by atoms with Crippen LogP contribution >= 0.6 is 0 Å². The molecule has 0 atom stereocenters. The Kier molecular flexibility index (Phi) is 0.928. The lowest BCUT2D eigenvalue weighted by Gasteiger charge is -1.68. The maximum Gasteiger partial charge on any atom is 0.157 e. The highest BCUT2D eigenvalue weighted by atomic mass is 16.1. The van der Waals surface area contributed by atoms with Crippen molar-refractivity contribution in [1.29, 1.82) is 0 Å². The van der Waals surface area contributed by atoms with E-state index in [4.69, 9.17) is 0 Å². The van der Waals surface area contributed by atoms with Gasteiger partial charge >= 0.3 is 0 Å². The zero-order valence-electron chi connectivity index (χ0n) is 3.72. The summed E-state index contributed by atoms with van der Waals surface area (Å²) in [5.41, 5.74) is 3.34. The van der Waals surface area contributed by atoms with Crippen LogP contribution in [-0.4, -0.2) is 6.29 Å². The number of rotatable bonds is 1. The summed E-state index contributed by atoms with van der Waals surface area (Å²) in [6, 6.07) is 0. The van der Waals surface area contributed by atoms with Gasteiger partial charge in [0.25, 0.3) is 0 Å². The second-order valence-electron chi connectivity index (χ2n) is 1.24. The third kappa shape index (κ3) is 0.673. The van der Waals surface area contributed by atoms with Gasteiger partial charge in [-0.1, -0.05) is 6.08 Å². The molecule has 0 saturated carbocycles. The van der Waals surface area contributed by atoms with Crippen molar-refractivity contribution in [3.8, 4) is 0 Å². The van der Waals surface area contributed by atoms with Crippen molar-refractivity contribution in [2.75, 3.05) is 0 Å². The van der Waals surface area contributed by atoms with E-state index in [1.165, 1.54) is 0 Å². The molecule has 0 amide bonds. The van der Waals surface area contributed by atoms with Gasteiger partial charge in [-0.15, -0.1) is 5.73 Å². The predicted octanol–water partition coefficient (Wildman–Crippen LogP) is 0.837. The molecule has 0 aromatic carbocycles. The van der Waals surface area contributed by atoms with E-state index in [9.17, 15) is 4.79 Å². The molecular formula is C6H4O. The van der Waals surface area contributed by atoms with Crippen LogP contribution in [0, 0.1) is 0 Å². The van der Waals surface area contributed by atoms with Crippen molar-refractivity contribution in [2.24, 2.45) is 0 Å². The Morgan fingerprint density at radius 2 is 2.57 bits per heavy atom. The lowest BCUT2D eigenvalue weighted by atomic mass is 10.3. The molecule has 1 aliphatic rings. The van der Waals surface area contributed by atoms with Gasteiger partial charge in [0.2, 0.25) is 0 Å². The highest BCUT2D eigenvalue weighted by molar-refractivity contribution is 5.78. The van der Waals surface area contributed by atoms with E-state index in [0.717, 1.165) is 6.29 Å². The topological polar surface area (TPSA) is 17.1 Å². The smallest absolute Gasteiger partial charge is 0.157 e. The van der Waals surface area contributed by atoms with Crippen LogP contribution in [0.4, 0.5) is 0 Å². The average Bonchev–Trinajstić information content (AvgIpc) is 2.14. The van der Waals surface area contributed by atoms with Crippen molar-refractivity contribution in [3.05, 3.63) is 29.5 Å². The van der Waals surface area contributed by atoms with E-state index >= 15 is 0 Å². The molecule has 1 nitrogen and oxygen atoms in total. The predicted molar refractivity (Wildman–Crippen MR) is 26.8 cm³/mol. The second-order valence-corrected chi connectivity index (χ2v) is 1.24. The molecule has 0 aromatic rings. The Hall–Kier alpha value is -1.07. The van der Waals surface area contributed by atoms with Gasteiger partial charge in [0.05, 0.1) is 5.57 Å². The quantitative estimate of drug-likeness (QED) is 0.346. The highest BCUT2D eigenvalue weighted by Gasteiger charge is 1.85. The Bertz CT molecular complexity index is 169. The lowest BCUT2D eigenvalue weighted by molar-refractivity contribution is -0.104. The Morgan fingerprint density at radius 1 is 1.71 bits per heavy atom. The molecule has 0 spiro atoms. The molecule has 0 aliphatic heterocycles. The third-order valence-corrected chi connectivity index (χ3v) is 0.749. The van der Waals surface area contributed by atoms with Crippen molar-refractivity contribution in [1.82, 2.24) is 0 Å². The maximum atomic E-state index is 9.84. The first-order valence-corrected chi connectivity index (χ1v) is 2.02. The molecule has 1 aliphatic carbocycles. The van der Waals surface area contributed by atoms with E-state index in [1.807, 2.05) is 0 Å². The summed E-state index contributed by atoms with van der Waals surface area (Å²) in [7, 11) is 0. The van der Waals surface area contributed by atoms with E-state index in [-0.39, 0.29) is 0 Å². The van der Waals surface area contributed by atoms with Crippen LogP contribution in [-0.2, 0) is 4.79 Å². The SMILES string of the molecule is O=CC1=C=CC=C1. The molecule has 0 fully saturated rings. The number of aldehydes is 1. The first kappa shape index (κ1) is 4.10. The normalized spacial score (nSPS) is 14.6. The number of allylic oxidation sites excluding steroid dienone is 3. The molecule has 0 bridgehead atoms. The molecule has 0 N–H and O–H groups in total. The largest absolute Gasteiger partial charge is 0.297 e. The summed E-state index contributed by atoms with van der Waals surface area (Å²) in [6.45, 7) is 0. The number of carbonyl (C=O) groups is 1. The van der Waals surface area contributed by atoms with Crippen molar-refractivity contribution < 1.29 is 4.79 Å². The average molecular weight is 92.1 g/mol. The summed E-state index contributed by atoms with van der Waals surface area (Å²) in [4.78, 5) is 9.84. The lowest BCUT2D eigenvalue weighted by Crippen LogP contribution is -1.68. The van der Waals surface area contributed by atoms with E-state index in [2.05, 4.69) is 5.73 Å². The van der Waals surface area contributed by atoms with Gasteiger partial charge in [-0.25, -0.2) is 0 Å². The van der Waals surface area contributed by atoms with Crippen LogP contribution in [0.25, 0.3) is 0 Å². The third-order valence-electron chi connectivity index (χ3n) is 0.749. The van der Waals surface area contributed by atoms with Gasteiger partial charge in [-0.2, -0.15) is 0 Å². The van der Waals surface area contributed by atoms with Gasteiger partial charge in [-0.05, 0) is 12.2 Å². The maximum absolute atomic E-state index is 9.84. The van der Waals surface area contributed by atoms with Crippen molar-refractivity contribution in [3.63, 3.8) is 0 Å². The van der Waals surface area contributed by atoms with E-state index < -0.39 is 0 Å². The molecule has 7 heavy (non-hydrogen) atoms. The van der Waals surface area contributed by atoms with Crippen LogP contribution < -0.4 is 0 Å². The Morgan fingerprint density at radius 3 is 2.86 bits per heavy atom. The summed E-state index contributed by atoms with van der Waals surface area (Å²) in [5.74, 6) is 0. The fourth-order valence-corrected chi connectivity index (χ4v) is 0.418. The fraction of sp³-hybridized carbons (Fsp3) is 0. The monoisotopic (exact) mass is 92.0 g/mol. The van der Waals surface area contributed by atoms with Crippen LogP contribution in [0.1, 0.15) is 0 Å². The fourth-order valence-electron chi connectivity index (χ4n) is 0.418. The number of carbonyl (C=O) groups excluding carboxylic acids is 1. The number of hydrogen-bond acceptors (Lipinski definition) is 1.